The summed E-state index contributed by atoms with van der Waals surface area (Å²) in [4.78, 5) is 14.9. The summed E-state index contributed by atoms with van der Waals surface area (Å²) in [5.41, 5.74) is 5.08. The van der Waals surface area contributed by atoms with Crippen LogP contribution in [0.25, 0.3) is 0 Å². The van der Waals surface area contributed by atoms with Crippen molar-refractivity contribution >= 4 is 11.6 Å². The molecule has 2 aromatic rings. The summed E-state index contributed by atoms with van der Waals surface area (Å²) in [5, 5.41) is 0. The highest BCUT2D eigenvalue weighted by Crippen LogP contribution is 2.33. The number of para-hydroxylation sites is 1. The largest absolute Gasteiger partial charge is 0.481 e. The van der Waals surface area contributed by atoms with E-state index < -0.39 is 6.10 Å². The zero-order valence-electron chi connectivity index (χ0n) is 15.0. The van der Waals surface area contributed by atoms with Gasteiger partial charge in [-0.2, -0.15) is 0 Å². The van der Waals surface area contributed by atoms with Gasteiger partial charge in [-0.1, -0.05) is 24.3 Å². The molecule has 0 unspecified atom stereocenters. The van der Waals surface area contributed by atoms with E-state index in [4.69, 9.17) is 4.74 Å². The molecular weight excluding hydrogens is 310 g/mol. The van der Waals surface area contributed by atoms with Crippen LogP contribution in [0.2, 0.25) is 0 Å². The van der Waals surface area contributed by atoms with Gasteiger partial charge < -0.3 is 9.64 Å². The molecular formula is C22H25NO2. The van der Waals surface area contributed by atoms with E-state index in [1.165, 1.54) is 29.5 Å². The molecule has 0 saturated heterocycles. The Morgan fingerprint density at radius 3 is 2.68 bits per heavy atom. The van der Waals surface area contributed by atoms with E-state index >= 15 is 0 Å². The van der Waals surface area contributed by atoms with Crippen LogP contribution >= 0.6 is 0 Å². The molecule has 2 atom stereocenters. The van der Waals surface area contributed by atoms with E-state index in [1.807, 2.05) is 36.1 Å². The average Bonchev–Trinajstić information content (AvgIpc) is 2.96. The molecule has 0 spiro atoms. The SMILES string of the molecule is C[C@H](Oc1ccc2c(c1)CCCC2)C(=O)N1c2ccccc2C[C@@H]1C. The third-order valence-corrected chi connectivity index (χ3v) is 5.43. The van der Waals surface area contributed by atoms with Crippen molar-refractivity contribution in [1.29, 1.82) is 0 Å². The van der Waals surface area contributed by atoms with Crippen LogP contribution in [0.4, 0.5) is 5.69 Å². The molecule has 0 saturated carbocycles. The van der Waals surface area contributed by atoms with Gasteiger partial charge in [-0.05, 0) is 80.8 Å². The fraction of sp³-hybridized carbons (Fsp3) is 0.409. The molecule has 0 fully saturated rings. The second-order valence-corrected chi connectivity index (χ2v) is 7.29. The minimum Gasteiger partial charge on any atom is -0.481 e. The average molecular weight is 335 g/mol. The predicted octanol–water partition coefficient (Wildman–Crippen LogP) is 4.31. The Morgan fingerprint density at radius 2 is 1.84 bits per heavy atom. The normalized spacial score (nSPS) is 19.9. The first-order valence-corrected chi connectivity index (χ1v) is 9.33. The van der Waals surface area contributed by atoms with E-state index in [0.717, 1.165) is 30.7 Å². The van der Waals surface area contributed by atoms with Gasteiger partial charge in [0.15, 0.2) is 6.10 Å². The second-order valence-electron chi connectivity index (χ2n) is 7.29. The van der Waals surface area contributed by atoms with Gasteiger partial charge in [-0.3, -0.25) is 4.79 Å². The molecule has 3 heteroatoms. The summed E-state index contributed by atoms with van der Waals surface area (Å²) >= 11 is 0. The molecule has 2 aromatic carbocycles. The molecule has 130 valence electrons. The Morgan fingerprint density at radius 1 is 1.08 bits per heavy atom. The lowest BCUT2D eigenvalue weighted by molar-refractivity contribution is -0.124. The molecule has 3 nitrogen and oxygen atoms in total. The van der Waals surface area contributed by atoms with Crippen LogP contribution in [-0.2, 0) is 24.1 Å². The fourth-order valence-electron chi connectivity index (χ4n) is 4.13. The van der Waals surface area contributed by atoms with Crippen LogP contribution in [0.3, 0.4) is 0 Å². The number of hydrogen-bond acceptors (Lipinski definition) is 2. The number of benzene rings is 2. The van der Waals surface area contributed by atoms with Crippen LogP contribution in [0.5, 0.6) is 5.75 Å². The number of carbonyl (C=O) groups is 1. The fourth-order valence-corrected chi connectivity index (χ4v) is 4.13. The van der Waals surface area contributed by atoms with Crippen LogP contribution in [0.1, 0.15) is 43.4 Å². The molecule has 1 aliphatic carbocycles. The second kappa shape index (κ2) is 6.55. The number of aryl methyl sites for hydroxylation is 2. The van der Waals surface area contributed by atoms with Gasteiger partial charge in [-0.15, -0.1) is 0 Å². The summed E-state index contributed by atoms with van der Waals surface area (Å²) in [6, 6.07) is 14.6. The van der Waals surface area contributed by atoms with Gasteiger partial charge in [0.1, 0.15) is 5.75 Å². The van der Waals surface area contributed by atoms with Gasteiger partial charge in [0.2, 0.25) is 0 Å². The first kappa shape index (κ1) is 16.2. The van der Waals surface area contributed by atoms with Gasteiger partial charge in [0.05, 0.1) is 0 Å². The van der Waals surface area contributed by atoms with Crippen LogP contribution < -0.4 is 9.64 Å². The van der Waals surface area contributed by atoms with Crippen LogP contribution in [0.15, 0.2) is 42.5 Å². The zero-order chi connectivity index (χ0) is 17.4. The topological polar surface area (TPSA) is 29.5 Å². The van der Waals surface area contributed by atoms with Gasteiger partial charge in [-0.25, -0.2) is 0 Å². The standard InChI is InChI=1S/C22H25NO2/c1-15-13-19-9-5-6-10-21(19)23(15)22(24)16(2)25-20-12-11-17-7-3-4-8-18(17)14-20/h5-6,9-12,14-16H,3-4,7-8,13H2,1-2H3/t15-,16-/m0/s1. The number of hydrogen-bond donors (Lipinski definition) is 0. The summed E-state index contributed by atoms with van der Waals surface area (Å²) in [7, 11) is 0. The van der Waals surface area contributed by atoms with Gasteiger partial charge >= 0.3 is 0 Å². The predicted molar refractivity (Wildman–Crippen MR) is 100 cm³/mol. The van der Waals surface area contributed by atoms with E-state index in [2.05, 4.69) is 25.1 Å². The zero-order valence-corrected chi connectivity index (χ0v) is 15.0. The lowest BCUT2D eigenvalue weighted by Gasteiger charge is -2.26. The first-order valence-electron chi connectivity index (χ1n) is 9.33. The van der Waals surface area contributed by atoms with Crippen LogP contribution in [0, 0.1) is 0 Å². The molecule has 0 bridgehead atoms. The Balaban J connectivity index is 1.51. The molecule has 4 rings (SSSR count). The third-order valence-electron chi connectivity index (χ3n) is 5.43. The smallest absolute Gasteiger partial charge is 0.268 e. The number of nitrogens with zero attached hydrogens (tertiary/aromatic N) is 1. The Bertz CT molecular complexity index is 798. The first-order chi connectivity index (χ1) is 12.1. The van der Waals surface area contributed by atoms with Gasteiger partial charge in [0.25, 0.3) is 5.91 Å². The monoisotopic (exact) mass is 335 g/mol. The maximum Gasteiger partial charge on any atom is 0.268 e. The van der Waals surface area contributed by atoms with Crippen molar-refractivity contribution in [3.63, 3.8) is 0 Å². The molecule has 1 heterocycles. The molecule has 25 heavy (non-hydrogen) atoms. The molecule has 0 radical (unpaired) electrons. The number of anilines is 1. The summed E-state index contributed by atoms with van der Waals surface area (Å²) < 4.78 is 6.03. The Labute approximate surface area is 149 Å². The third kappa shape index (κ3) is 3.04. The van der Waals surface area contributed by atoms with Gasteiger partial charge in [0, 0.05) is 11.7 Å². The highest BCUT2D eigenvalue weighted by Gasteiger charge is 2.33. The minimum atomic E-state index is -0.491. The highest BCUT2D eigenvalue weighted by atomic mass is 16.5. The van der Waals surface area contributed by atoms with Crippen molar-refractivity contribution in [2.75, 3.05) is 4.90 Å². The molecule has 2 aliphatic rings. The van der Waals surface area contributed by atoms with E-state index in [9.17, 15) is 4.79 Å². The summed E-state index contributed by atoms with van der Waals surface area (Å²) in [6.45, 7) is 3.96. The quantitative estimate of drug-likeness (QED) is 0.836. The van der Waals surface area contributed by atoms with Crippen molar-refractivity contribution in [2.24, 2.45) is 0 Å². The van der Waals surface area contributed by atoms with E-state index in [1.54, 1.807) is 0 Å². The number of fused-ring (bicyclic) bond motifs is 2. The van der Waals surface area contributed by atoms with Crippen LogP contribution in [-0.4, -0.2) is 18.1 Å². The molecule has 0 aromatic heterocycles. The number of amides is 1. The van der Waals surface area contributed by atoms with E-state index in [0.29, 0.717) is 0 Å². The van der Waals surface area contributed by atoms with Crippen molar-refractivity contribution in [1.82, 2.24) is 0 Å². The van der Waals surface area contributed by atoms with E-state index in [-0.39, 0.29) is 11.9 Å². The highest BCUT2D eigenvalue weighted by molar-refractivity contribution is 5.99. The number of ether oxygens (including phenoxy) is 1. The minimum absolute atomic E-state index is 0.0372. The molecule has 0 N–H and O–H groups in total. The maximum atomic E-state index is 13.0. The number of rotatable bonds is 3. The van der Waals surface area contributed by atoms with Crippen molar-refractivity contribution in [3.8, 4) is 5.75 Å². The molecule has 1 aliphatic heterocycles. The van der Waals surface area contributed by atoms with Crippen molar-refractivity contribution in [2.45, 2.75) is 58.1 Å². The maximum absolute atomic E-state index is 13.0. The summed E-state index contributed by atoms with van der Waals surface area (Å²) in [6.07, 6.45) is 5.21. The molecule has 1 amide bonds. The Hall–Kier alpha value is -2.29. The Kier molecular flexibility index (Phi) is 4.24. The van der Waals surface area contributed by atoms with Crippen molar-refractivity contribution in [3.05, 3.63) is 59.2 Å². The lowest BCUT2D eigenvalue weighted by atomic mass is 9.92. The van der Waals surface area contributed by atoms with Crippen molar-refractivity contribution < 1.29 is 9.53 Å². The number of carbonyl (C=O) groups excluding carboxylic acids is 1. The lowest BCUT2D eigenvalue weighted by Crippen LogP contribution is -2.43. The summed E-state index contributed by atoms with van der Waals surface area (Å²) in [5.74, 6) is 0.844.